The van der Waals surface area contributed by atoms with Gasteiger partial charge in [-0.2, -0.15) is 5.26 Å². The lowest BCUT2D eigenvalue weighted by Gasteiger charge is -2.17. The highest BCUT2D eigenvalue weighted by molar-refractivity contribution is 5.77. The highest BCUT2D eigenvalue weighted by Gasteiger charge is 2.18. The lowest BCUT2D eigenvalue weighted by Crippen LogP contribution is -2.42. The number of amides is 1. The van der Waals surface area contributed by atoms with Crippen molar-refractivity contribution in [2.45, 2.75) is 32.2 Å². The van der Waals surface area contributed by atoms with E-state index in [2.05, 4.69) is 5.32 Å². The van der Waals surface area contributed by atoms with E-state index in [1.165, 1.54) is 0 Å². The van der Waals surface area contributed by atoms with Crippen LogP contribution in [0, 0.1) is 11.3 Å². The van der Waals surface area contributed by atoms with Crippen molar-refractivity contribution in [3.8, 4) is 17.6 Å². The van der Waals surface area contributed by atoms with E-state index < -0.39 is 5.54 Å². The van der Waals surface area contributed by atoms with Crippen LogP contribution in [0.4, 0.5) is 0 Å². The summed E-state index contributed by atoms with van der Waals surface area (Å²) in [5, 5.41) is 11.5. The molecule has 0 saturated carbocycles. The van der Waals surface area contributed by atoms with Crippen LogP contribution in [0.2, 0.25) is 0 Å². The maximum Gasteiger partial charge on any atom is 0.221 e. The number of ether oxygens (including phenoxy) is 2. The highest BCUT2D eigenvalue weighted by atomic mass is 16.5. The van der Waals surface area contributed by atoms with Gasteiger partial charge in [0.25, 0.3) is 0 Å². The van der Waals surface area contributed by atoms with Crippen molar-refractivity contribution in [3.63, 3.8) is 0 Å². The number of hydrogen-bond donors (Lipinski definition) is 1. The lowest BCUT2D eigenvalue weighted by molar-refractivity contribution is -0.122. The second-order valence-corrected chi connectivity index (χ2v) is 4.97. The highest BCUT2D eigenvalue weighted by Crippen LogP contribution is 2.27. The molecule has 0 fully saturated rings. The third-order valence-corrected chi connectivity index (χ3v) is 2.82. The van der Waals surface area contributed by atoms with E-state index in [0.29, 0.717) is 24.3 Å². The fraction of sp³-hybridized carbons (Fsp3) is 0.467. The van der Waals surface area contributed by atoms with Gasteiger partial charge in [-0.15, -0.1) is 0 Å². The topological polar surface area (TPSA) is 71.3 Å². The Hall–Kier alpha value is -2.22. The zero-order chi connectivity index (χ0) is 15.2. The number of aryl methyl sites for hydroxylation is 1. The summed E-state index contributed by atoms with van der Waals surface area (Å²) in [6.45, 7) is 3.34. The fourth-order valence-corrected chi connectivity index (χ4v) is 1.73. The van der Waals surface area contributed by atoms with E-state index in [4.69, 9.17) is 14.7 Å². The zero-order valence-electron chi connectivity index (χ0n) is 12.3. The summed E-state index contributed by atoms with van der Waals surface area (Å²) in [6.07, 6.45) is 0.897. The van der Waals surface area contributed by atoms with Crippen LogP contribution in [0.1, 0.15) is 25.8 Å². The number of nitrogens with one attached hydrogen (secondary N) is 1. The van der Waals surface area contributed by atoms with Crippen LogP contribution in [-0.4, -0.2) is 25.7 Å². The van der Waals surface area contributed by atoms with E-state index in [1.54, 1.807) is 28.1 Å². The second kappa shape index (κ2) is 6.80. The van der Waals surface area contributed by atoms with E-state index in [0.717, 1.165) is 5.56 Å². The molecule has 0 aliphatic heterocycles. The maximum absolute atomic E-state index is 11.8. The van der Waals surface area contributed by atoms with Crippen molar-refractivity contribution < 1.29 is 14.3 Å². The minimum Gasteiger partial charge on any atom is -0.493 e. The van der Waals surface area contributed by atoms with Gasteiger partial charge in [-0.3, -0.25) is 4.79 Å². The maximum atomic E-state index is 11.8. The fourth-order valence-electron chi connectivity index (χ4n) is 1.73. The molecule has 1 amide bonds. The van der Waals surface area contributed by atoms with Gasteiger partial charge in [0.05, 0.1) is 20.3 Å². The summed E-state index contributed by atoms with van der Waals surface area (Å²) in [4.78, 5) is 11.8. The molecule has 108 valence electrons. The first kappa shape index (κ1) is 15.8. The van der Waals surface area contributed by atoms with Gasteiger partial charge in [0.1, 0.15) is 5.54 Å². The van der Waals surface area contributed by atoms with Crippen LogP contribution < -0.4 is 14.8 Å². The Kier molecular flexibility index (Phi) is 5.39. The predicted molar refractivity (Wildman–Crippen MR) is 75.7 cm³/mol. The van der Waals surface area contributed by atoms with Crippen LogP contribution in [0.15, 0.2) is 18.2 Å². The van der Waals surface area contributed by atoms with Gasteiger partial charge in [-0.25, -0.2) is 0 Å². The summed E-state index contributed by atoms with van der Waals surface area (Å²) in [5.74, 6) is 1.15. The Morgan fingerprint density at radius 3 is 2.50 bits per heavy atom. The molecule has 1 rings (SSSR count). The Balaban J connectivity index is 2.62. The van der Waals surface area contributed by atoms with Crippen LogP contribution in [0.25, 0.3) is 0 Å². The first-order valence-electron chi connectivity index (χ1n) is 6.35. The Morgan fingerprint density at radius 2 is 1.95 bits per heavy atom. The number of nitriles is 1. The predicted octanol–water partition coefficient (Wildman–Crippen LogP) is 2.05. The monoisotopic (exact) mass is 276 g/mol. The molecule has 0 aliphatic rings. The lowest BCUT2D eigenvalue weighted by atomic mass is 10.1. The number of carbonyl (C=O) groups is 1. The zero-order valence-corrected chi connectivity index (χ0v) is 12.3. The van der Waals surface area contributed by atoms with E-state index in [9.17, 15) is 4.79 Å². The van der Waals surface area contributed by atoms with E-state index in [1.807, 2.05) is 24.3 Å². The van der Waals surface area contributed by atoms with Gasteiger partial charge in [0.2, 0.25) is 5.91 Å². The van der Waals surface area contributed by atoms with Gasteiger partial charge in [-0.1, -0.05) is 6.07 Å². The summed E-state index contributed by atoms with van der Waals surface area (Å²) in [6, 6.07) is 7.59. The van der Waals surface area contributed by atoms with Gasteiger partial charge in [-0.05, 0) is 38.0 Å². The van der Waals surface area contributed by atoms with Crippen LogP contribution in [-0.2, 0) is 11.2 Å². The summed E-state index contributed by atoms with van der Waals surface area (Å²) in [7, 11) is 3.15. The Morgan fingerprint density at radius 1 is 1.30 bits per heavy atom. The first-order valence-corrected chi connectivity index (χ1v) is 6.35. The van der Waals surface area contributed by atoms with Crippen molar-refractivity contribution in [2.24, 2.45) is 0 Å². The molecule has 1 aromatic carbocycles. The molecule has 0 aliphatic carbocycles. The molecular weight excluding hydrogens is 256 g/mol. The molecule has 1 N–H and O–H groups in total. The Bertz CT molecular complexity index is 518. The van der Waals surface area contributed by atoms with Gasteiger partial charge in [0.15, 0.2) is 11.5 Å². The summed E-state index contributed by atoms with van der Waals surface area (Å²) >= 11 is 0. The van der Waals surface area contributed by atoms with Gasteiger partial charge >= 0.3 is 0 Å². The SMILES string of the molecule is COc1ccc(CCC(=O)NC(C)(C)C#N)cc1OC. The number of nitrogens with zero attached hydrogens (tertiary/aromatic N) is 1. The van der Waals surface area contributed by atoms with Gasteiger partial charge in [0, 0.05) is 6.42 Å². The quantitative estimate of drug-likeness (QED) is 0.863. The number of methoxy groups -OCH3 is 2. The molecular formula is C15H20N2O3. The largest absolute Gasteiger partial charge is 0.493 e. The molecule has 5 heteroatoms. The molecule has 5 nitrogen and oxygen atoms in total. The molecule has 1 aromatic rings. The molecule has 0 atom stereocenters. The third kappa shape index (κ3) is 4.47. The Labute approximate surface area is 119 Å². The molecule has 20 heavy (non-hydrogen) atoms. The minimum absolute atomic E-state index is 0.147. The third-order valence-electron chi connectivity index (χ3n) is 2.82. The molecule has 0 unspecified atom stereocenters. The summed E-state index contributed by atoms with van der Waals surface area (Å²) < 4.78 is 10.4. The number of hydrogen-bond acceptors (Lipinski definition) is 4. The van der Waals surface area contributed by atoms with Crippen LogP contribution in [0.3, 0.4) is 0 Å². The van der Waals surface area contributed by atoms with Crippen LogP contribution >= 0.6 is 0 Å². The molecule has 0 spiro atoms. The molecule has 0 radical (unpaired) electrons. The van der Waals surface area contributed by atoms with E-state index in [-0.39, 0.29) is 5.91 Å². The molecule has 0 bridgehead atoms. The van der Waals surface area contributed by atoms with E-state index >= 15 is 0 Å². The van der Waals surface area contributed by atoms with Crippen molar-refractivity contribution in [3.05, 3.63) is 23.8 Å². The molecule has 0 aromatic heterocycles. The normalized spacial score (nSPS) is 10.6. The van der Waals surface area contributed by atoms with Crippen molar-refractivity contribution >= 4 is 5.91 Å². The average molecular weight is 276 g/mol. The number of carbonyl (C=O) groups excluding carboxylic acids is 1. The van der Waals surface area contributed by atoms with Crippen molar-refractivity contribution in [2.75, 3.05) is 14.2 Å². The van der Waals surface area contributed by atoms with Crippen molar-refractivity contribution in [1.29, 1.82) is 5.26 Å². The average Bonchev–Trinajstić information content (AvgIpc) is 2.44. The smallest absolute Gasteiger partial charge is 0.221 e. The molecule has 0 saturated heterocycles. The first-order chi connectivity index (χ1) is 9.41. The molecule has 0 heterocycles. The van der Waals surface area contributed by atoms with Crippen molar-refractivity contribution in [1.82, 2.24) is 5.32 Å². The van der Waals surface area contributed by atoms with Gasteiger partial charge < -0.3 is 14.8 Å². The summed E-state index contributed by atoms with van der Waals surface area (Å²) in [5.41, 5.74) is 0.141. The number of rotatable bonds is 6. The standard InChI is InChI=1S/C15H20N2O3/c1-15(2,10-16)17-14(18)8-6-11-5-7-12(19-3)13(9-11)20-4/h5,7,9H,6,8H2,1-4H3,(H,17,18). The second-order valence-electron chi connectivity index (χ2n) is 4.97. The number of benzene rings is 1. The van der Waals surface area contributed by atoms with Crippen LogP contribution in [0.5, 0.6) is 11.5 Å². The minimum atomic E-state index is -0.839.